The summed E-state index contributed by atoms with van der Waals surface area (Å²) in [5, 5.41) is 12.1. The first-order chi connectivity index (χ1) is 15.6. The van der Waals surface area contributed by atoms with Crippen LogP contribution in [0.1, 0.15) is 52.4 Å². The monoisotopic (exact) mass is 466 g/mol. The summed E-state index contributed by atoms with van der Waals surface area (Å²) in [4.78, 5) is 25.4. The molecule has 0 bridgehead atoms. The third kappa shape index (κ3) is 5.20. The normalized spacial score (nSPS) is 15.0. The fourth-order valence-corrected chi connectivity index (χ4v) is 5.29. The Balaban J connectivity index is 1.34. The van der Waals surface area contributed by atoms with Gasteiger partial charge in [-0.15, -0.1) is 11.3 Å². The maximum atomic E-state index is 12.8. The van der Waals surface area contributed by atoms with Crippen LogP contribution in [0.2, 0.25) is 0 Å². The van der Waals surface area contributed by atoms with E-state index in [1.165, 1.54) is 11.1 Å². The van der Waals surface area contributed by atoms with Gasteiger partial charge in [0.25, 0.3) is 5.91 Å². The number of nitrogens with two attached hydrogens (primary N) is 1. The Kier molecular flexibility index (Phi) is 6.45. The zero-order valence-electron chi connectivity index (χ0n) is 19.3. The van der Waals surface area contributed by atoms with E-state index in [9.17, 15) is 9.59 Å². The topological polar surface area (TPSA) is 92.9 Å². The van der Waals surface area contributed by atoms with Crippen LogP contribution in [-0.4, -0.2) is 40.6 Å². The van der Waals surface area contributed by atoms with Crippen LogP contribution in [-0.2, 0) is 17.8 Å². The lowest BCUT2D eigenvalue weighted by atomic mass is 9.90. The molecule has 0 aliphatic carbocycles. The highest BCUT2D eigenvalue weighted by atomic mass is 32.1. The van der Waals surface area contributed by atoms with Crippen molar-refractivity contribution in [1.82, 2.24) is 4.90 Å². The Morgan fingerprint density at radius 1 is 1.21 bits per heavy atom. The second-order valence-electron chi connectivity index (χ2n) is 9.33. The fraction of sp³-hybridized carbons (Fsp3) is 0.385. The number of hydrogen-bond donors (Lipinski definition) is 2. The van der Waals surface area contributed by atoms with E-state index >= 15 is 0 Å². The van der Waals surface area contributed by atoms with Crippen LogP contribution in [0.5, 0.6) is 5.75 Å². The summed E-state index contributed by atoms with van der Waals surface area (Å²) in [6, 6.07) is 9.81. The summed E-state index contributed by atoms with van der Waals surface area (Å²) in [6.45, 7) is 7.14. The molecular formula is C26H30N2O4S. The van der Waals surface area contributed by atoms with Crippen molar-refractivity contribution in [1.29, 1.82) is 0 Å². The first-order valence-electron chi connectivity index (χ1n) is 11.2. The molecule has 3 N–H and O–H groups in total. The Morgan fingerprint density at radius 2 is 1.97 bits per heavy atom. The highest BCUT2D eigenvalue weighted by molar-refractivity contribution is 7.17. The van der Waals surface area contributed by atoms with Gasteiger partial charge < -0.3 is 20.5 Å². The second kappa shape index (κ2) is 9.15. The van der Waals surface area contributed by atoms with Crippen molar-refractivity contribution >= 4 is 33.3 Å². The van der Waals surface area contributed by atoms with Crippen LogP contribution in [0.15, 0.2) is 35.7 Å². The molecule has 0 spiro atoms. The third-order valence-corrected chi connectivity index (χ3v) is 7.50. The summed E-state index contributed by atoms with van der Waals surface area (Å²) in [6.07, 6.45) is 2.39. The van der Waals surface area contributed by atoms with Gasteiger partial charge in [0.2, 0.25) is 0 Å². The molecule has 7 heteroatoms. The van der Waals surface area contributed by atoms with E-state index < -0.39 is 5.97 Å². The van der Waals surface area contributed by atoms with Crippen LogP contribution in [0.3, 0.4) is 0 Å². The number of carbonyl (C=O) groups excluding carboxylic acids is 1. The number of hydrogen-bond acceptors (Lipinski definition) is 5. The van der Waals surface area contributed by atoms with Gasteiger partial charge in [-0.05, 0) is 97.3 Å². The minimum atomic E-state index is -0.992. The molecule has 2 heterocycles. The van der Waals surface area contributed by atoms with Crippen molar-refractivity contribution in [3.05, 3.63) is 63.5 Å². The second-order valence-corrected chi connectivity index (χ2v) is 10.2. The molecule has 0 saturated heterocycles. The number of aliphatic carboxylic acids is 1. The number of thiophene rings is 1. The Hall–Kier alpha value is -2.90. The molecule has 1 aliphatic rings. The summed E-state index contributed by atoms with van der Waals surface area (Å²) in [7, 11) is 0. The maximum Gasteiger partial charge on any atom is 0.341 e. The Labute approximate surface area is 198 Å². The van der Waals surface area contributed by atoms with Crippen molar-refractivity contribution in [3.63, 3.8) is 0 Å². The van der Waals surface area contributed by atoms with E-state index in [4.69, 9.17) is 15.6 Å². The van der Waals surface area contributed by atoms with Gasteiger partial charge in [0, 0.05) is 28.9 Å². The van der Waals surface area contributed by atoms with Crippen molar-refractivity contribution in [2.75, 3.05) is 13.2 Å². The molecule has 33 heavy (non-hydrogen) atoms. The summed E-state index contributed by atoms with van der Waals surface area (Å²) < 4.78 is 6.35. The van der Waals surface area contributed by atoms with Gasteiger partial charge >= 0.3 is 5.97 Å². The SMILES string of the molecule is Cc1cc2c(cc1C)C(=O)N(CCC(C)(N)CCc1csc3cc(OCC(=O)O)ccc13)C2. The average Bonchev–Trinajstić information content (AvgIpc) is 3.30. The summed E-state index contributed by atoms with van der Waals surface area (Å²) >= 11 is 1.62. The lowest BCUT2D eigenvalue weighted by molar-refractivity contribution is -0.139. The minimum absolute atomic E-state index is 0.105. The largest absolute Gasteiger partial charge is 0.482 e. The maximum absolute atomic E-state index is 12.8. The number of ether oxygens (including phenoxy) is 1. The molecule has 6 nitrogen and oxygen atoms in total. The van der Waals surface area contributed by atoms with Gasteiger partial charge in [0.15, 0.2) is 6.61 Å². The number of fused-ring (bicyclic) bond motifs is 2. The van der Waals surface area contributed by atoms with Crippen LogP contribution in [0.4, 0.5) is 0 Å². The molecule has 0 fully saturated rings. The lowest BCUT2D eigenvalue weighted by Crippen LogP contribution is -2.40. The summed E-state index contributed by atoms with van der Waals surface area (Å²) in [5.41, 5.74) is 11.8. The van der Waals surface area contributed by atoms with E-state index in [2.05, 4.69) is 25.3 Å². The van der Waals surface area contributed by atoms with Gasteiger partial charge in [0.1, 0.15) is 5.75 Å². The smallest absolute Gasteiger partial charge is 0.341 e. The highest BCUT2D eigenvalue weighted by Crippen LogP contribution is 2.32. The first-order valence-corrected chi connectivity index (χ1v) is 12.0. The van der Waals surface area contributed by atoms with Crippen molar-refractivity contribution < 1.29 is 19.4 Å². The molecule has 2 aromatic carbocycles. The molecule has 3 aromatic rings. The van der Waals surface area contributed by atoms with E-state index in [1.54, 1.807) is 11.3 Å². The minimum Gasteiger partial charge on any atom is -0.482 e. The van der Waals surface area contributed by atoms with Crippen LogP contribution < -0.4 is 10.5 Å². The van der Waals surface area contributed by atoms with E-state index in [-0.39, 0.29) is 18.1 Å². The number of carbonyl (C=O) groups is 2. The average molecular weight is 467 g/mol. The van der Waals surface area contributed by atoms with E-state index in [0.717, 1.165) is 46.0 Å². The first kappa shape index (κ1) is 23.3. The number of benzene rings is 2. The molecule has 1 amide bonds. The molecule has 0 saturated carbocycles. The molecular weight excluding hydrogens is 436 g/mol. The molecule has 1 aliphatic heterocycles. The van der Waals surface area contributed by atoms with Crippen molar-refractivity contribution in [2.45, 2.75) is 52.1 Å². The number of carboxylic acids is 1. The Morgan fingerprint density at radius 3 is 2.73 bits per heavy atom. The number of rotatable bonds is 9. The lowest BCUT2D eigenvalue weighted by Gasteiger charge is -2.27. The molecule has 174 valence electrons. The predicted molar refractivity (Wildman–Crippen MR) is 131 cm³/mol. The van der Waals surface area contributed by atoms with Crippen LogP contribution in [0, 0.1) is 13.8 Å². The Bertz CT molecular complexity index is 1210. The number of carboxylic acid groups (broad SMARTS) is 1. The molecule has 1 aromatic heterocycles. The van der Waals surface area contributed by atoms with E-state index in [0.29, 0.717) is 18.8 Å². The van der Waals surface area contributed by atoms with Crippen LogP contribution in [0.25, 0.3) is 10.1 Å². The van der Waals surface area contributed by atoms with Gasteiger partial charge in [0.05, 0.1) is 0 Å². The number of aryl methyl sites for hydroxylation is 3. The highest BCUT2D eigenvalue weighted by Gasteiger charge is 2.29. The van der Waals surface area contributed by atoms with Gasteiger partial charge in [-0.25, -0.2) is 4.79 Å². The molecule has 1 atom stereocenters. The third-order valence-electron chi connectivity index (χ3n) is 6.51. The number of nitrogens with zero attached hydrogens (tertiary/aromatic N) is 1. The zero-order chi connectivity index (χ0) is 23.8. The summed E-state index contributed by atoms with van der Waals surface area (Å²) in [5.74, 6) is -0.328. The molecule has 0 radical (unpaired) electrons. The predicted octanol–water partition coefficient (Wildman–Crippen LogP) is 4.68. The van der Waals surface area contributed by atoms with Gasteiger partial charge in [-0.1, -0.05) is 6.07 Å². The fourth-order valence-electron chi connectivity index (χ4n) is 4.26. The van der Waals surface area contributed by atoms with E-state index in [1.807, 2.05) is 36.1 Å². The molecule has 1 unspecified atom stereocenters. The molecule has 4 rings (SSSR count). The number of amides is 1. The van der Waals surface area contributed by atoms with Gasteiger partial charge in [-0.3, -0.25) is 4.79 Å². The quantitative estimate of drug-likeness (QED) is 0.478. The van der Waals surface area contributed by atoms with Crippen LogP contribution >= 0.6 is 11.3 Å². The van der Waals surface area contributed by atoms with Crippen molar-refractivity contribution in [2.24, 2.45) is 5.73 Å². The zero-order valence-corrected chi connectivity index (χ0v) is 20.1. The van der Waals surface area contributed by atoms with Crippen molar-refractivity contribution in [3.8, 4) is 5.75 Å². The van der Waals surface area contributed by atoms with Gasteiger partial charge in [-0.2, -0.15) is 0 Å². The standard InChI is InChI=1S/C26H30N2O4S/c1-16-10-19-13-28(25(31)22(19)11-17(16)2)9-8-26(3,27)7-6-18-15-33-23-12-20(4-5-21(18)23)32-14-24(29)30/h4-5,10-12,15H,6-9,13-14,27H2,1-3H3,(H,29,30).